The number of hydrogen-bond donors (Lipinski definition) is 4. The van der Waals surface area contributed by atoms with Gasteiger partial charge in [-0.05, 0) is 6.42 Å². The minimum Gasteiger partial charge on any atom is -0.394 e. The van der Waals surface area contributed by atoms with E-state index < -0.39 is 24.5 Å². The van der Waals surface area contributed by atoms with E-state index in [1.165, 1.54) is 25.7 Å². The van der Waals surface area contributed by atoms with Gasteiger partial charge in [-0.2, -0.15) is 12.6 Å². The molecule has 0 bridgehead atoms. The van der Waals surface area contributed by atoms with Crippen LogP contribution < -0.4 is 5.32 Å². The molecule has 0 rings (SSSR count). The van der Waals surface area contributed by atoms with Crippen LogP contribution in [0.3, 0.4) is 0 Å². The molecule has 0 aliphatic carbocycles. The second-order valence-electron chi connectivity index (χ2n) is 5.49. The first-order valence-electron chi connectivity index (χ1n) is 8.13. The molecular weight excluding hydrogens is 302 g/mol. The number of unbranched alkanes of at least 4 members (excludes halogenated alkanes) is 6. The summed E-state index contributed by atoms with van der Waals surface area (Å²) < 4.78 is 0. The van der Waals surface area contributed by atoms with Crippen molar-refractivity contribution in [3.8, 4) is 0 Å². The van der Waals surface area contributed by atoms with Gasteiger partial charge in [-0.15, -0.1) is 0 Å². The minimum absolute atomic E-state index is 0.163. The van der Waals surface area contributed by atoms with Crippen molar-refractivity contribution in [3.05, 3.63) is 6.42 Å². The highest BCUT2D eigenvalue weighted by Gasteiger charge is 2.21. The average molecular weight is 332 g/mol. The number of thiol groups is 1. The van der Waals surface area contributed by atoms with Gasteiger partial charge in [0.15, 0.2) is 5.78 Å². The van der Waals surface area contributed by atoms with Crippen LogP contribution in [0.5, 0.6) is 0 Å². The minimum atomic E-state index is -1.20. The fraction of sp³-hybridized carbons (Fsp3) is 0.812. The van der Waals surface area contributed by atoms with Crippen LogP contribution in [0.15, 0.2) is 0 Å². The largest absolute Gasteiger partial charge is 0.394 e. The number of hydrogen-bond acceptors (Lipinski definition) is 5. The first-order valence-corrected chi connectivity index (χ1v) is 8.76. The summed E-state index contributed by atoms with van der Waals surface area (Å²) in [6, 6.07) is -0.749. The molecule has 5 nitrogen and oxygen atoms in total. The van der Waals surface area contributed by atoms with Crippen LogP contribution in [0.2, 0.25) is 0 Å². The average Bonchev–Trinajstić information content (AvgIpc) is 2.51. The van der Waals surface area contributed by atoms with Crippen LogP contribution in [0.25, 0.3) is 0 Å². The summed E-state index contributed by atoms with van der Waals surface area (Å²) in [7, 11) is 0. The number of aliphatic hydroxyl groups excluding tert-OH is 2. The first kappa shape index (κ1) is 21.4. The van der Waals surface area contributed by atoms with Gasteiger partial charge in [-0.1, -0.05) is 45.4 Å². The lowest BCUT2D eigenvalue weighted by atomic mass is 10.1. The molecule has 0 aromatic rings. The Bertz CT molecular complexity index is 313. The van der Waals surface area contributed by atoms with E-state index in [2.05, 4.69) is 24.9 Å². The van der Waals surface area contributed by atoms with Crippen LogP contribution in [-0.2, 0) is 9.59 Å². The molecule has 0 aliphatic heterocycles. The number of nitrogens with one attached hydrogen (secondary N) is 1. The molecule has 0 saturated carbocycles. The molecule has 0 fully saturated rings. The standard InChI is InChI=1S/C16H30NO4S/c1-2-3-4-5-6-7-8-9-16(21)17-14(12-22)15(20)10-13(19)11-18/h10,13-14,18-19,22H,2-9,11-12H2,1H3,(H,17,21)/t13-,14-/m1/s1. The molecule has 22 heavy (non-hydrogen) atoms. The van der Waals surface area contributed by atoms with Crippen LogP contribution in [-0.4, -0.2) is 46.4 Å². The molecule has 1 radical (unpaired) electrons. The molecule has 2 atom stereocenters. The molecule has 129 valence electrons. The van der Waals surface area contributed by atoms with Gasteiger partial charge in [0.05, 0.1) is 25.2 Å². The van der Waals surface area contributed by atoms with E-state index in [1.54, 1.807) is 0 Å². The third kappa shape index (κ3) is 11.0. The van der Waals surface area contributed by atoms with Gasteiger partial charge in [0.1, 0.15) is 0 Å². The summed E-state index contributed by atoms with van der Waals surface area (Å²) in [5.41, 5.74) is 0. The van der Waals surface area contributed by atoms with E-state index in [4.69, 9.17) is 5.11 Å². The molecule has 0 aliphatic rings. The van der Waals surface area contributed by atoms with E-state index in [-0.39, 0.29) is 11.7 Å². The van der Waals surface area contributed by atoms with E-state index in [1.807, 2.05) is 0 Å². The topological polar surface area (TPSA) is 86.6 Å². The lowest BCUT2D eigenvalue weighted by Crippen LogP contribution is -2.43. The SMILES string of the molecule is CCCCCCCCCC(=O)N[C@H](CS)C(=O)[CH][C@@H](O)CO. The Morgan fingerprint density at radius 2 is 1.73 bits per heavy atom. The summed E-state index contributed by atoms with van der Waals surface area (Å²) in [6.07, 6.45) is 8.13. The Morgan fingerprint density at radius 1 is 1.14 bits per heavy atom. The monoisotopic (exact) mass is 332 g/mol. The first-order chi connectivity index (χ1) is 10.5. The number of amides is 1. The lowest BCUT2D eigenvalue weighted by Gasteiger charge is -2.16. The van der Waals surface area contributed by atoms with E-state index in [0.717, 1.165) is 25.7 Å². The zero-order valence-corrected chi connectivity index (χ0v) is 14.4. The van der Waals surface area contributed by atoms with Crippen molar-refractivity contribution < 1.29 is 19.8 Å². The molecular formula is C16H30NO4S. The normalized spacial score (nSPS) is 13.6. The van der Waals surface area contributed by atoms with Gasteiger partial charge in [0.2, 0.25) is 5.91 Å². The summed E-state index contributed by atoms with van der Waals surface area (Å²) in [5.74, 6) is -0.437. The molecule has 0 spiro atoms. The maximum Gasteiger partial charge on any atom is 0.220 e. The molecule has 0 unspecified atom stereocenters. The summed E-state index contributed by atoms with van der Waals surface area (Å²) >= 11 is 4.04. The maximum atomic E-state index is 11.8. The van der Waals surface area contributed by atoms with Gasteiger partial charge in [0.25, 0.3) is 0 Å². The van der Waals surface area contributed by atoms with Crippen molar-refractivity contribution in [2.45, 2.75) is 70.4 Å². The van der Waals surface area contributed by atoms with Crippen molar-refractivity contribution in [3.63, 3.8) is 0 Å². The number of rotatable bonds is 14. The third-order valence-electron chi connectivity index (χ3n) is 3.41. The van der Waals surface area contributed by atoms with Crippen LogP contribution in [0.1, 0.15) is 58.3 Å². The maximum absolute atomic E-state index is 11.8. The highest BCUT2D eigenvalue weighted by atomic mass is 32.1. The van der Waals surface area contributed by atoms with Crippen molar-refractivity contribution in [2.24, 2.45) is 0 Å². The van der Waals surface area contributed by atoms with Crippen LogP contribution in [0, 0.1) is 6.42 Å². The van der Waals surface area contributed by atoms with E-state index >= 15 is 0 Å². The Hall–Kier alpha value is -0.590. The molecule has 1 amide bonds. The summed E-state index contributed by atoms with van der Waals surface area (Å²) in [4.78, 5) is 23.5. The predicted molar refractivity (Wildman–Crippen MR) is 90.8 cm³/mol. The molecule has 0 saturated heterocycles. The van der Waals surface area contributed by atoms with Gasteiger partial charge < -0.3 is 15.5 Å². The quantitative estimate of drug-likeness (QED) is 0.288. The Labute approximate surface area is 139 Å². The van der Waals surface area contributed by atoms with Crippen molar-refractivity contribution in [1.82, 2.24) is 5.32 Å². The Balaban J connectivity index is 3.84. The van der Waals surface area contributed by atoms with Crippen molar-refractivity contribution in [2.75, 3.05) is 12.4 Å². The van der Waals surface area contributed by atoms with Gasteiger partial charge in [0, 0.05) is 12.2 Å². The van der Waals surface area contributed by atoms with Gasteiger partial charge in [-0.3, -0.25) is 9.59 Å². The van der Waals surface area contributed by atoms with E-state index in [0.29, 0.717) is 6.42 Å². The zero-order valence-electron chi connectivity index (χ0n) is 13.5. The van der Waals surface area contributed by atoms with Crippen molar-refractivity contribution >= 4 is 24.3 Å². The van der Waals surface area contributed by atoms with E-state index in [9.17, 15) is 14.7 Å². The number of carbonyl (C=O) groups is 2. The Morgan fingerprint density at radius 3 is 2.27 bits per heavy atom. The Kier molecular flexibility index (Phi) is 13.7. The molecule has 3 N–H and O–H groups in total. The van der Waals surface area contributed by atoms with Gasteiger partial charge in [-0.25, -0.2) is 0 Å². The van der Waals surface area contributed by atoms with Crippen molar-refractivity contribution in [1.29, 1.82) is 0 Å². The second kappa shape index (κ2) is 14.0. The smallest absolute Gasteiger partial charge is 0.220 e. The summed E-state index contributed by atoms with van der Waals surface area (Å²) in [6.45, 7) is 1.66. The number of aliphatic hydroxyl groups is 2. The lowest BCUT2D eigenvalue weighted by molar-refractivity contribution is -0.126. The predicted octanol–water partition coefficient (Wildman–Crippen LogP) is 1.67. The fourth-order valence-electron chi connectivity index (χ4n) is 2.07. The third-order valence-corrected chi connectivity index (χ3v) is 3.78. The van der Waals surface area contributed by atoms with Gasteiger partial charge >= 0.3 is 0 Å². The second-order valence-corrected chi connectivity index (χ2v) is 5.86. The summed E-state index contributed by atoms with van der Waals surface area (Å²) in [5, 5.41) is 20.5. The molecule has 6 heteroatoms. The number of ketones is 1. The molecule has 0 heterocycles. The number of Topliss-reactive ketones (excluding diaryl/α,β-unsaturated/α-hetero) is 1. The van der Waals surface area contributed by atoms with Crippen LogP contribution in [0.4, 0.5) is 0 Å². The highest BCUT2D eigenvalue weighted by molar-refractivity contribution is 7.80. The molecule has 0 aromatic heterocycles. The highest BCUT2D eigenvalue weighted by Crippen LogP contribution is 2.08. The zero-order chi connectivity index (χ0) is 16.8. The van der Waals surface area contributed by atoms with Crippen LogP contribution >= 0.6 is 12.6 Å². The molecule has 0 aromatic carbocycles. The number of carbonyl (C=O) groups excluding carboxylic acids is 2. The fourth-order valence-corrected chi connectivity index (χ4v) is 2.35.